The molecular formula is C22H29ClN4O7. The van der Waals surface area contributed by atoms with E-state index in [4.69, 9.17) is 16.7 Å². The standard InChI is InChI=1S/C22H29ClN4O7/c1-21(2,22(32)5-7-26(8-6-22)20(30)31)14-18(28)24-9-11-25(12-10-24)19(29)16-4-3-15(27(33)34)13-17(16)23/h3-4,13,32H,5-12,14H2,1-2H3,(H,30,31). The number of halogens is 1. The van der Waals surface area contributed by atoms with Crippen molar-refractivity contribution in [3.8, 4) is 0 Å². The van der Waals surface area contributed by atoms with Gasteiger partial charge in [-0.3, -0.25) is 19.7 Å². The third kappa shape index (κ3) is 5.25. The van der Waals surface area contributed by atoms with E-state index in [0.717, 1.165) is 6.07 Å². The van der Waals surface area contributed by atoms with Gasteiger partial charge >= 0.3 is 6.09 Å². The van der Waals surface area contributed by atoms with Crippen LogP contribution in [0.2, 0.25) is 5.02 Å². The third-order valence-electron chi connectivity index (χ3n) is 7.03. The number of nitro groups is 1. The fraction of sp³-hybridized carbons (Fsp3) is 0.591. The highest BCUT2D eigenvalue weighted by Crippen LogP contribution is 2.42. The zero-order valence-corrected chi connectivity index (χ0v) is 20.0. The molecule has 0 atom stereocenters. The summed E-state index contributed by atoms with van der Waals surface area (Å²) in [6, 6.07) is 3.70. The highest BCUT2D eigenvalue weighted by atomic mass is 35.5. The molecule has 186 valence electrons. The van der Waals surface area contributed by atoms with E-state index in [0.29, 0.717) is 13.1 Å². The molecule has 1 aromatic rings. The molecule has 3 amide bonds. The maximum absolute atomic E-state index is 13.0. The smallest absolute Gasteiger partial charge is 0.407 e. The number of hydrogen-bond donors (Lipinski definition) is 2. The Morgan fingerprint density at radius 2 is 1.62 bits per heavy atom. The largest absolute Gasteiger partial charge is 0.465 e. The van der Waals surface area contributed by atoms with Crippen molar-refractivity contribution in [2.45, 2.75) is 38.7 Å². The van der Waals surface area contributed by atoms with Gasteiger partial charge in [-0.2, -0.15) is 0 Å². The van der Waals surface area contributed by atoms with Crippen molar-refractivity contribution >= 4 is 35.2 Å². The Labute approximate surface area is 202 Å². The van der Waals surface area contributed by atoms with Crippen molar-refractivity contribution < 1.29 is 29.5 Å². The molecule has 1 aromatic carbocycles. The number of likely N-dealkylation sites (tertiary alicyclic amines) is 1. The fourth-order valence-corrected chi connectivity index (χ4v) is 4.78. The molecule has 12 heteroatoms. The number of carboxylic acid groups (broad SMARTS) is 1. The summed E-state index contributed by atoms with van der Waals surface area (Å²) in [5, 5.41) is 31.2. The maximum Gasteiger partial charge on any atom is 0.407 e. The molecule has 0 radical (unpaired) electrons. The molecule has 2 saturated heterocycles. The Hall–Kier alpha value is -2.92. The monoisotopic (exact) mass is 496 g/mol. The molecule has 3 rings (SSSR count). The first-order valence-corrected chi connectivity index (χ1v) is 11.4. The SMILES string of the molecule is CC(C)(CC(=O)N1CCN(C(=O)c2ccc([N+](=O)[O-])cc2Cl)CC1)C1(O)CCN(C(=O)O)CC1. The first-order chi connectivity index (χ1) is 15.8. The lowest BCUT2D eigenvalue weighted by molar-refractivity contribution is -0.384. The Balaban J connectivity index is 1.57. The molecule has 0 aromatic heterocycles. The van der Waals surface area contributed by atoms with Crippen molar-refractivity contribution in [2.75, 3.05) is 39.3 Å². The summed E-state index contributed by atoms with van der Waals surface area (Å²) in [6.07, 6.45) is -0.396. The molecule has 11 nitrogen and oxygen atoms in total. The second kappa shape index (κ2) is 9.75. The minimum absolute atomic E-state index is 0.00152. The van der Waals surface area contributed by atoms with Gasteiger partial charge < -0.3 is 24.9 Å². The summed E-state index contributed by atoms with van der Waals surface area (Å²) >= 11 is 6.08. The van der Waals surface area contributed by atoms with Gasteiger partial charge in [0, 0.05) is 63.2 Å². The molecule has 2 aliphatic rings. The van der Waals surface area contributed by atoms with E-state index in [1.54, 1.807) is 9.80 Å². The van der Waals surface area contributed by atoms with E-state index < -0.39 is 22.0 Å². The van der Waals surface area contributed by atoms with Crippen LogP contribution in [0.4, 0.5) is 10.5 Å². The summed E-state index contributed by atoms with van der Waals surface area (Å²) in [5.41, 5.74) is -1.94. The number of amides is 3. The minimum Gasteiger partial charge on any atom is -0.465 e. The predicted octanol–water partition coefficient (Wildman–Crippen LogP) is 2.45. The average molecular weight is 497 g/mol. The maximum atomic E-state index is 13.0. The molecule has 0 spiro atoms. The van der Waals surface area contributed by atoms with Gasteiger partial charge in [0.15, 0.2) is 0 Å². The number of non-ortho nitro benzene ring substituents is 1. The van der Waals surface area contributed by atoms with Gasteiger partial charge in [0.1, 0.15) is 0 Å². The van der Waals surface area contributed by atoms with Crippen LogP contribution in [0.5, 0.6) is 0 Å². The normalized spacial score (nSPS) is 18.5. The summed E-state index contributed by atoms with van der Waals surface area (Å²) < 4.78 is 0. The van der Waals surface area contributed by atoms with E-state index >= 15 is 0 Å². The fourth-order valence-electron chi connectivity index (χ4n) is 4.52. The number of hydrogen-bond acceptors (Lipinski definition) is 6. The Morgan fingerprint density at radius 3 is 2.12 bits per heavy atom. The Bertz CT molecular complexity index is 983. The highest BCUT2D eigenvalue weighted by Gasteiger charge is 2.47. The number of benzene rings is 1. The zero-order chi connectivity index (χ0) is 25.3. The average Bonchev–Trinajstić information content (AvgIpc) is 2.78. The molecule has 2 fully saturated rings. The van der Waals surface area contributed by atoms with Crippen LogP contribution in [0.15, 0.2) is 18.2 Å². The van der Waals surface area contributed by atoms with Gasteiger partial charge in [-0.05, 0) is 18.9 Å². The lowest BCUT2D eigenvalue weighted by Crippen LogP contribution is -2.56. The molecule has 0 saturated carbocycles. The number of piperazine rings is 1. The van der Waals surface area contributed by atoms with Crippen LogP contribution in [0.3, 0.4) is 0 Å². The van der Waals surface area contributed by atoms with Gasteiger partial charge in [-0.25, -0.2) is 4.79 Å². The van der Waals surface area contributed by atoms with E-state index in [1.807, 2.05) is 13.8 Å². The summed E-state index contributed by atoms with van der Waals surface area (Å²) in [5.74, 6) is -0.494. The molecule has 2 N–H and O–H groups in total. The van der Waals surface area contributed by atoms with E-state index in [1.165, 1.54) is 17.0 Å². The number of carbonyl (C=O) groups excluding carboxylic acids is 2. The van der Waals surface area contributed by atoms with Crippen molar-refractivity contribution in [1.29, 1.82) is 0 Å². The third-order valence-corrected chi connectivity index (χ3v) is 7.34. The number of piperidine rings is 1. The van der Waals surface area contributed by atoms with Crippen LogP contribution in [0, 0.1) is 15.5 Å². The van der Waals surface area contributed by atoms with E-state index in [9.17, 15) is 29.6 Å². The Morgan fingerprint density at radius 1 is 1.06 bits per heavy atom. The van der Waals surface area contributed by atoms with Crippen molar-refractivity contribution in [3.63, 3.8) is 0 Å². The number of carbonyl (C=O) groups is 3. The van der Waals surface area contributed by atoms with Gasteiger partial charge in [0.05, 0.1) is 21.1 Å². The van der Waals surface area contributed by atoms with Crippen molar-refractivity contribution in [2.24, 2.45) is 5.41 Å². The Kier molecular flexibility index (Phi) is 7.37. The van der Waals surface area contributed by atoms with E-state index in [2.05, 4.69) is 0 Å². The first-order valence-electron chi connectivity index (χ1n) is 11.1. The lowest BCUT2D eigenvalue weighted by Gasteiger charge is -2.47. The quantitative estimate of drug-likeness (QED) is 0.470. The minimum atomic E-state index is -1.15. The number of nitro benzene ring substituents is 1. The molecule has 34 heavy (non-hydrogen) atoms. The second-order valence-electron chi connectivity index (χ2n) is 9.46. The second-order valence-corrected chi connectivity index (χ2v) is 9.86. The lowest BCUT2D eigenvalue weighted by atomic mass is 9.67. The number of nitrogens with zero attached hydrogens (tertiary/aromatic N) is 4. The first kappa shape index (κ1) is 25.7. The highest BCUT2D eigenvalue weighted by molar-refractivity contribution is 6.34. The van der Waals surface area contributed by atoms with Crippen molar-refractivity contribution in [3.05, 3.63) is 38.9 Å². The topological polar surface area (TPSA) is 145 Å². The molecule has 2 aliphatic heterocycles. The van der Waals surface area contributed by atoms with Crippen LogP contribution >= 0.6 is 11.6 Å². The molecule has 2 heterocycles. The molecular weight excluding hydrogens is 468 g/mol. The van der Waals surface area contributed by atoms with Gasteiger partial charge in [-0.15, -0.1) is 0 Å². The summed E-state index contributed by atoms with van der Waals surface area (Å²) in [6.45, 7) is 5.28. The van der Waals surface area contributed by atoms with E-state index in [-0.39, 0.29) is 73.5 Å². The predicted molar refractivity (Wildman–Crippen MR) is 123 cm³/mol. The molecule has 0 bridgehead atoms. The van der Waals surface area contributed by atoms with Crippen LogP contribution in [0.1, 0.15) is 43.5 Å². The number of rotatable bonds is 5. The molecule has 0 aliphatic carbocycles. The van der Waals surface area contributed by atoms with Gasteiger partial charge in [0.25, 0.3) is 11.6 Å². The van der Waals surface area contributed by atoms with Crippen molar-refractivity contribution in [1.82, 2.24) is 14.7 Å². The van der Waals surface area contributed by atoms with Crippen LogP contribution < -0.4 is 0 Å². The summed E-state index contributed by atoms with van der Waals surface area (Å²) in [7, 11) is 0. The van der Waals surface area contributed by atoms with Crippen LogP contribution in [-0.4, -0.2) is 92.6 Å². The van der Waals surface area contributed by atoms with Crippen LogP contribution in [-0.2, 0) is 4.79 Å². The molecule has 0 unspecified atom stereocenters. The zero-order valence-electron chi connectivity index (χ0n) is 19.2. The van der Waals surface area contributed by atoms with Gasteiger partial charge in [-0.1, -0.05) is 25.4 Å². The van der Waals surface area contributed by atoms with Crippen LogP contribution in [0.25, 0.3) is 0 Å². The van der Waals surface area contributed by atoms with Gasteiger partial charge in [0.2, 0.25) is 5.91 Å². The number of aliphatic hydroxyl groups is 1. The summed E-state index contributed by atoms with van der Waals surface area (Å²) in [4.78, 5) is 51.7.